The Bertz CT molecular complexity index is 589. The average Bonchev–Trinajstić information content (AvgIpc) is 2.92. The van der Waals surface area contributed by atoms with Crippen LogP contribution < -0.4 is 10.6 Å². The first-order valence-corrected chi connectivity index (χ1v) is 8.21. The third kappa shape index (κ3) is 5.04. The molecule has 1 atom stereocenters. The van der Waals surface area contributed by atoms with E-state index in [0.717, 1.165) is 0 Å². The molecule has 0 aliphatic carbocycles. The van der Waals surface area contributed by atoms with Crippen molar-refractivity contribution in [3.8, 4) is 0 Å². The second kappa shape index (κ2) is 8.42. The molecular weight excluding hydrogens is 308 g/mol. The smallest absolute Gasteiger partial charge is 0.252 e. The minimum absolute atomic E-state index is 0.0359. The van der Waals surface area contributed by atoms with Crippen LogP contribution in [0, 0.1) is 11.8 Å². The van der Waals surface area contributed by atoms with Crippen LogP contribution in [0.4, 0.5) is 0 Å². The highest BCUT2D eigenvalue weighted by atomic mass is 16.2. The molecule has 3 amide bonds. The van der Waals surface area contributed by atoms with Crippen LogP contribution in [-0.4, -0.2) is 53.8 Å². The molecule has 7 heteroatoms. The molecule has 24 heavy (non-hydrogen) atoms. The zero-order valence-corrected chi connectivity index (χ0v) is 14.1. The number of pyridine rings is 1. The van der Waals surface area contributed by atoms with Crippen LogP contribution in [0.2, 0.25) is 0 Å². The number of aromatic nitrogens is 1. The zero-order chi connectivity index (χ0) is 17.5. The molecular formula is C17H24N4O3. The number of likely N-dealkylation sites (tertiary alicyclic amines) is 1. The average molecular weight is 332 g/mol. The van der Waals surface area contributed by atoms with E-state index in [9.17, 15) is 14.4 Å². The van der Waals surface area contributed by atoms with Gasteiger partial charge in [-0.25, -0.2) is 0 Å². The summed E-state index contributed by atoms with van der Waals surface area (Å²) in [6.45, 7) is 5.92. The first-order chi connectivity index (χ1) is 11.5. The van der Waals surface area contributed by atoms with Crippen LogP contribution in [0.1, 0.15) is 30.6 Å². The Labute approximate surface area is 141 Å². The summed E-state index contributed by atoms with van der Waals surface area (Å²) in [6.07, 6.45) is 3.35. The Kier molecular flexibility index (Phi) is 6.28. The van der Waals surface area contributed by atoms with E-state index in [4.69, 9.17) is 0 Å². The minimum Gasteiger partial charge on any atom is -0.354 e. The number of hydrogen-bond acceptors (Lipinski definition) is 4. The first-order valence-electron chi connectivity index (χ1n) is 8.21. The molecule has 7 nitrogen and oxygen atoms in total. The third-order valence-electron chi connectivity index (χ3n) is 3.80. The Balaban J connectivity index is 1.68. The molecule has 1 aliphatic heterocycles. The second-order valence-corrected chi connectivity index (χ2v) is 6.38. The molecule has 130 valence electrons. The highest BCUT2D eigenvalue weighted by Gasteiger charge is 2.34. The summed E-state index contributed by atoms with van der Waals surface area (Å²) < 4.78 is 0. The van der Waals surface area contributed by atoms with Gasteiger partial charge in [0.25, 0.3) is 5.91 Å². The summed E-state index contributed by atoms with van der Waals surface area (Å²) in [7, 11) is 0. The quantitative estimate of drug-likeness (QED) is 0.709. The molecule has 0 radical (unpaired) electrons. The summed E-state index contributed by atoms with van der Waals surface area (Å²) in [5, 5.41) is 5.50. The van der Waals surface area contributed by atoms with Crippen molar-refractivity contribution in [1.82, 2.24) is 20.5 Å². The largest absolute Gasteiger partial charge is 0.354 e. The number of carbonyl (C=O) groups is 3. The van der Waals surface area contributed by atoms with E-state index >= 15 is 0 Å². The van der Waals surface area contributed by atoms with Gasteiger partial charge < -0.3 is 15.5 Å². The lowest BCUT2D eigenvalue weighted by Gasteiger charge is -2.18. The molecule has 1 aromatic heterocycles. The third-order valence-corrected chi connectivity index (χ3v) is 3.80. The van der Waals surface area contributed by atoms with Crippen LogP contribution in [0.25, 0.3) is 0 Å². The predicted octanol–water partition coefficient (Wildman–Crippen LogP) is 0.432. The Hall–Kier alpha value is -2.44. The van der Waals surface area contributed by atoms with E-state index in [1.807, 2.05) is 13.8 Å². The summed E-state index contributed by atoms with van der Waals surface area (Å²) in [4.78, 5) is 41.5. The lowest BCUT2D eigenvalue weighted by atomic mass is 10.1. The maximum atomic E-state index is 12.1. The van der Waals surface area contributed by atoms with Crippen LogP contribution in [0.3, 0.4) is 0 Å². The number of rotatable bonds is 7. The van der Waals surface area contributed by atoms with E-state index < -0.39 is 0 Å². The normalized spacial score (nSPS) is 17.2. The lowest BCUT2D eigenvalue weighted by molar-refractivity contribution is -0.129. The summed E-state index contributed by atoms with van der Waals surface area (Å²) >= 11 is 0. The van der Waals surface area contributed by atoms with Crippen molar-refractivity contribution in [3.63, 3.8) is 0 Å². The molecule has 0 aromatic carbocycles. The van der Waals surface area contributed by atoms with Gasteiger partial charge in [-0.2, -0.15) is 0 Å². The van der Waals surface area contributed by atoms with Gasteiger partial charge in [-0.05, 0) is 18.1 Å². The van der Waals surface area contributed by atoms with Gasteiger partial charge in [0.05, 0.1) is 11.5 Å². The molecule has 1 aromatic rings. The standard InChI is InChI=1S/C17H24N4O3/c1-12(2)10-21-11-14(8-15(21)22)17(24)20-7-6-19-16(23)13-4-3-5-18-9-13/h3-5,9,12,14H,6-8,10-11H2,1-2H3,(H,19,23)(H,20,24)/t14-/m0/s1. The zero-order valence-electron chi connectivity index (χ0n) is 14.1. The van der Waals surface area contributed by atoms with Crippen LogP contribution in [0.15, 0.2) is 24.5 Å². The monoisotopic (exact) mass is 332 g/mol. The maximum absolute atomic E-state index is 12.1. The van der Waals surface area contributed by atoms with Gasteiger partial charge in [-0.1, -0.05) is 13.8 Å². The molecule has 0 saturated carbocycles. The van der Waals surface area contributed by atoms with Gasteiger partial charge >= 0.3 is 0 Å². The molecule has 0 spiro atoms. The highest BCUT2D eigenvalue weighted by Crippen LogP contribution is 2.18. The number of nitrogens with one attached hydrogen (secondary N) is 2. The van der Waals surface area contributed by atoms with E-state index in [-0.39, 0.29) is 30.1 Å². The fraction of sp³-hybridized carbons (Fsp3) is 0.529. The van der Waals surface area contributed by atoms with Gasteiger partial charge in [0.2, 0.25) is 11.8 Å². The van der Waals surface area contributed by atoms with Crippen molar-refractivity contribution in [2.75, 3.05) is 26.2 Å². The topological polar surface area (TPSA) is 91.4 Å². The Morgan fingerprint density at radius 3 is 2.75 bits per heavy atom. The van der Waals surface area contributed by atoms with Gasteiger partial charge in [-0.15, -0.1) is 0 Å². The van der Waals surface area contributed by atoms with Crippen molar-refractivity contribution in [2.24, 2.45) is 11.8 Å². The van der Waals surface area contributed by atoms with Gasteiger partial charge in [-0.3, -0.25) is 19.4 Å². The van der Waals surface area contributed by atoms with E-state index in [1.54, 1.807) is 23.2 Å². The molecule has 1 saturated heterocycles. The van der Waals surface area contributed by atoms with Crippen molar-refractivity contribution in [2.45, 2.75) is 20.3 Å². The van der Waals surface area contributed by atoms with Crippen LogP contribution in [-0.2, 0) is 9.59 Å². The summed E-state index contributed by atoms with van der Waals surface area (Å²) in [6, 6.07) is 3.37. The Morgan fingerprint density at radius 2 is 2.08 bits per heavy atom. The molecule has 2 rings (SSSR count). The minimum atomic E-state index is -0.301. The van der Waals surface area contributed by atoms with E-state index in [0.29, 0.717) is 37.7 Å². The van der Waals surface area contributed by atoms with Crippen LogP contribution >= 0.6 is 0 Å². The first kappa shape index (κ1) is 17.9. The van der Waals surface area contributed by atoms with Crippen molar-refractivity contribution in [3.05, 3.63) is 30.1 Å². The van der Waals surface area contributed by atoms with Gasteiger partial charge in [0.15, 0.2) is 0 Å². The van der Waals surface area contributed by atoms with Crippen molar-refractivity contribution < 1.29 is 14.4 Å². The molecule has 0 bridgehead atoms. The summed E-state index contributed by atoms with van der Waals surface area (Å²) in [5.74, 6) is -0.237. The van der Waals surface area contributed by atoms with Crippen molar-refractivity contribution >= 4 is 17.7 Å². The van der Waals surface area contributed by atoms with E-state index in [2.05, 4.69) is 15.6 Å². The molecule has 2 heterocycles. The highest BCUT2D eigenvalue weighted by molar-refractivity contribution is 5.93. The summed E-state index contributed by atoms with van der Waals surface area (Å²) in [5.41, 5.74) is 0.481. The SMILES string of the molecule is CC(C)CN1C[C@@H](C(=O)NCCNC(=O)c2cccnc2)CC1=O. The Morgan fingerprint density at radius 1 is 1.33 bits per heavy atom. The molecule has 2 N–H and O–H groups in total. The molecule has 0 unspecified atom stereocenters. The van der Waals surface area contributed by atoms with E-state index in [1.165, 1.54) is 6.20 Å². The molecule has 1 fully saturated rings. The number of hydrogen-bond donors (Lipinski definition) is 2. The fourth-order valence-electron chi connectivity index (χ4n) is 2.67. The number of carbonyl (C=O) groups excluding carboxylic acids is 3. The lowest BCUT2D eigenvalue weighted by Crippen LogP contribution is -2.38. The predicted molar refractivity (Wildman–Crippen MR) is 89.1 cm³/mol. The van der Waals surface area contributed by atoms with Crippen molar-refractivity contribution in [1.29, 1.82) is 0 Å². The second-order valence-electron chi connectivity index (χ2n) is 6.38. The number of nitrogens with zero attached hydrogens (tertiary/aromatic N) is 2. The van der Waals surface area contributed by atoms with Gasteiger partial charge in [0.1, 0.15) is 0 Å². The van der Waals surface area contributed by atoms with Crippen LogP contribution in [0.5, 0.6) is 0 Å². The molecule has 1 aliphatic rings. The maximum Gasteiger partial charge on any atom is 0.252 e. The number of amides is 3. The fourth-order valence-corrected chi connectivity index (χ4v) is 2.67. The van der Waals surface area contributed by atoms with Gasteiger partial charge in [0, 0.05) is 45.0 Å².